The second kappa shape index (κ2) is 3.46. The van der Waals surface area contributed by atoms with E-state index in [-0.39, 0.29) is 6.61 Å². The molecule has 0 aromatic heterocycles. The molecule has 0 spiro atoms. The van der Waals surface area contributed by atoms with Crippen molar-refractivity contribution in [1.82, 2.24) is 0 Å². The van der Waals surface area contributed by atoms with E-state index in [0.29, 0.717) is 0 Å². The maximum Gasteiger partial charge on any atom is 0.185 e. The Morgan fingerprint density at radius 2 is 2.09 bits per heavy atom. The van der Waals surface area contributed by atoms with Gasteiger partial charge in [0.05, 0.1) is 12.6 Å². The van der Waals surface area contributed by atoms with Crippen LogP contribution in [0.15, 0.2) is 0 Å². The SMILES string of the molecule is COC1OCC(N)C(O)C1O. The van der Waals surface area contributed by atoms with Crippen molar-refractivity contribution in [3.05, 3.63) is 0 Å². The summed E-state index contributed by atoms with van der Waals surface area (Å²) >= 11 is 0. The van der Waals surface area contributed by atoms with Crippen LogP contribution in [0.5, 0.6) is 0 Å². The van der Waals surface area contributed by atoms with Crippen LogP contribution in [0.25, 0.3) is 0 Å². The van der Waals surface area contributed by atoms with E-state index in [4.69, 9.17) is 15.2 Å². The molecule has 1 aliphatic rings. The Labute approximate surface area is 64.7 Å². The lowest BCUT2D eigenvalue weighted by Gasteiger charge is -2.34. The molecule has 1 saturated heterocycles. The quantitative estimate of drug-likeness (QED) is 0.418. The fraction of sp³-hybridized carbons (Fsp3) is 1.00. The standard InChI is InChI=1S/C6H13NO4/c1-10-6-5(9)4(8)3(7)2-11-6/h3-6,8-9H,2,7H2,1H3. The molecule has 1 heterocycles. The summed E-state index contributed by atoms with van der Waals surface area (Å²) in [7, 11) is 1.40. The highest BCUT2D eigenvalue weighted by atomic mass is 16.7. The molecule has 0 radical (unpaired) electrons. The first-order chi connectivity index (χ1) is 5.16. The summed E-state index contributed by atoms with van der Waals surface area (Å²) in [6, 6.07) is -0.531. The summed E-state index contributed by atoms with van der Waals surface area (Å²) < 4.78 is 9.70. The number of aliphatic hydroxyl groups excluding tert-OH is 2. The average Bonchev–Trinajstić information content (AvgIpc) is 2.01. The molecule has 0 aromatic rings. The van der Waals surface area contributed by atoms with Crippen LogP contribution in [0.1, 0.15) is 0 Å². The lowest BCUT2D eigenvalue weighted by molar-refractivity contribution is -0.237. The van der Waals surface area contributed by atoms with E-state index in [1.807, 2.05) is 0 Å². The number of aliphatic hydroxyl groups is 2. The summed E-state index contributed by atoms with van der Waals surface area (Å²) in [5.41, 5.74) is 5.40. The molecular weight excluding hydrogens is 150 g/mol. The van der Waals surface area contributed by atoms with Gasteiger partial charge in [0.1, 0.15) is 12.2 Å². The van der Waals surface area contributed by atoms with Gasteiger partial charge in [0.25, 0.3) is 0 Å². The zero-order valence-corrected chi connectivity index (χ0v) is 6.30. The number of methoxy groups -OCH3 is 1. The van der Waals surface area contributed by atoms with Gasteiger partial charge >= 0.3 is 0 Å². The van der Waals surface area contributed by atoms with Crippen LogP contribution in [0.4, 0.5) is 0 Å². The van der Waals surface area contributed by atoms with Crippen molar-refractivity contribution in [1.29, 1.82) is 0 Å². The minimum Gasteiger partial charge on any atom is -0.388 e. The Bertz CT molecular complexity index is 130. The molecule has 66 valence electrons. The first-order valence-electron chi connectivity index (χ1n) is 3.43. The third-order valence-corrected chi connectivity index (χ3v) is 1.75. The maximum absolute atomic E-state index is 9.23. The topological polar surface area (TPSA) is 84.9 Å². The Hall–Kier alpha value is -0.200. The highest BCUT2D eigenvalue weighted by Crippen LogP contribution is 2.14. The first-order valence-corrected chi connectivity index (χ1v) is 3.43. The van der Waals surface area contributed by atoms with Crippen molar-refractivity contribution in [2.24, 2.45) is 5.73 Å². The summed E-state index contributed by atoms with van der Waals surface area (Å²) in [4.78, 5) is 0. The van der Waals surface area contributed by atoms with Gasteiger partial charge in [-0.1, -0.05) is 0 Å². The van der Waals surface area contributed by atoms with E-state index < -0.39 is 24.5 Å². The van der Waals surface area contributed by atoms with Crippen LogP contribution in [0.2, 0.25) is 0 Å². The number of nitrogens with two attached hydrogens (primary N) is 1. The molecule has 5 heteroatoms. The molecule has 4 unspecified atom stereocenters. The molecular formula is C6H13NO4. The van der Waals surface area contributed by atoms with Crippen molar-refractivity contribution in [3.63, 3.8) is 0 Å². The van der Waals surface area contributed by atoms with Crippen molar-refractivity contribution >= 4 is 0 Å². The summed E-state index contributed by atoms with van der Waals surface area (Å²) in [6.07, 6.45) is -2.78. The number of hydrogen-bond donors (Lipinski definition) is 3. The van der Waals surface area contributed by atoms with Crippen LogP contribution < -0.4 is 5.73 Å². The monoisotopic (exact) mass is 163 g/mol. The minimum absolute atomic E-state index is 0.205. The van der Waals surface area contributed by atoms with Gasteiger partial charge in [-0.2, -0.15) is 0 Å². The average molecular weight is 163 g/mol. The smallest absolute Gasteiger partial charge is 0.185 e. The van der Waals surface area contributed by atoms with Crippen LogP contribution >= 0.6 is 0 Å². The fourth-order valence-corrected chi connectivity index (χ4v) is 1.02. The largest absolute Gasteiger partial charge is 0.388 e. The van der Waals surface area contributed by atoms with Crippen molar-refractivity contribution < 1.29 is 19.7 Å². The fourth-order valence-electron chi connectivity index (χ4n) is 1.02. The molecule has 0 bridgehead atoms. The van der Waals surface area contributed by atoms with E-state index >= 15 is 0 Å². The van der Waals surface area contributed by atoms with Gasteiger partial charge in [-0.05, 0) is 0 Å². The zero-order valence-electron chi connectivity index (χ0n) is 6.30. The van der Waals surface area contributed by atoms with Gasteiger partial charge in [-0.15, -0.1) is 0 Å². The molecule has 0 saturated carbocycles. The maximum atomic E-state index is 9.23. The van der Waals surface area contributed by atoms with Crippen LogP contribution in [0, 0.1) is 0 Å². The second-order valence-corrected chi connectivity index (χ2v) is 2.58. The molecule has 0 aromatic carbocycles. The van der Waals surface area contributed by atoms with Crippen LogP contribution in [0.3, 0.4) is 0 Å². The molecule has 5 nitrogen and oxygen atoms in total. The third kappa shape index (κ3) is 1.69. The van der Waals surface area contributed by atoms with E-state index in [9.17, 15) is 10.2 Å². The Morgan fingerprint density at radius 1 is 1.45 bits per heavy atom. The number of ether oxygens (including phenoxy) is 2. The summed E-state index contributed by atoms with van der Waals surface area (Å²) in [6.45, 7) is 0.205. The third-order valence-electron chi connectivity index (χ3n) is 1.75. The Balaban J connectivity index is 2.52. The highest BCUT2D eigenvalue weighted by molar-refractivity contribution is 4.84. The molecule has 4 N–H and O–H groups in total. The molecule has 0 amide bonds. The van der Waals surface area contributed by atoms with Crippen LogP contribution in [-0.2, 0) is 9.47 Å². The van der Waals surface area contributed by atoms with E-state index in [2.05, 4.69) is 0 Å². The van der Waals surface area contributed by atoms with Crippen molar-refractivity contribution in [2.45, 2.75) is 24.5 Å². The highest BCUT2D eigenvalue weighted by Gasteiger charge is 2.36. The van der Waals surface area contributed by atoms with Crippen molar-refractivity contribution in [3.8, 4) is 0 Å². The number of rotatable bonds is 1. The van der Waals surface area contributed by atoms with Crippen LogP contribution in [-0.4, -0.2) is 48.5 Å². The minimum atomic E-state index is -1.05. The van der Waals surface area contributed by atoms with E-state index in [1.165, 1.54) is 7.11 Å². The Kier molecular flexibility index (Phi) is 2.80. The Morgan fingerprint density at radius 3 is 2.64 bits per heavy atom. The molecule has 1 rings (SSSR count). The van der Waals surface area contributed by atoms with Gasteiger partial charge in [-0.3, -0.25) is 0 Å². The zero-order chi connectivity index (χ0) is 8.43. The van der Waals surface area contributed by atoms with Gasteiger partial charge in [-0.25, -0.2) is 0 Å². The normalized spacial score (nSPS) is 45.8. The number of hydrogen-bond acceptors (Lipinski definition) is 5. The van der Waals surface area contributed by atoms with Gasteiger partial charge in [0.15, 0.2) is 6.29 Å². The lowest BCUT2D eigenvalue weighted by Crippen LogP contribution is -2.56. The van der Waals surface area contributed by atoms with Gasteiger partial charge in [0, 0.05) is 7.11 Å². The molecule has 4 atom stereocenters. The predicted octanol–water partition coefficient (Wildman–Crippen LogP) is -1.96. The van der Waals surface area contributed by atoms with E-state index in [0.717, 1.165) is 0 Å². The summed E-state index contributed by atoms with van der Waals surface area (Å²) in [5.74, 6) is 0. The molecule has 0 aliphatic carbocycles. The van der Waals surface area contributed by atoms with E-state index in [1.54, 1.807) is 0 Å². The first kappa shape index (κ1) is 8.89. The molecule has 1 fully saturated rings. The predicted molar refractivity (Wildman–Crippen MR) is 36.7 cm³/mol. The van der Waals surface area contributed by atoms with Gasteiger partial charge in [0.2, 0.25) is 0 Å². The molecule has 11 heavy (non-hydrogen) atoms. The lowest BCUT2D eigenvalue weighted by atomic mass is 10.0. The molecule has 1 aliphatic heterocycles. The second-order valence-electron chi connectivity index (χ2n) is 2.58. The summed E-state index contributed by atoms with van der Waals surface area (Å²) in [5, 5.41) is 18.4. The van der Waals surface area contributed by atoms with Crippen molar-refractivity contribution in [2.75, 3.05) is 13.7 Å². The van der Waals surface area contributed by atoms with Gasteiger partial charge < -0.3 is 25.4 Å².